The number of alkyl halides is 6. The molecular weight excluding hydrogens is 1060 g/mol. The lowest BCUT2D eigenvalue weighted by Crippen LogP contribution is -2.28. The fraction of sp³-hybridized carbons (Fsp3) is 0.154. The second-order valence-electron chi connectivity index (χ2n) is 16.7. The van der Waals surface area contributed by atoms with Gasteiger partial charge in [0, 0.05) is 47.4 Å². The van der Waals surface area contributed by atoms with E-state index in [0.717, 1.165) is 4.90 Å². The average molecular weight is 1100 g/mol. The zero-order valence-electron chi connectivity index (χ0n) is 38.0. The standard InChI is InChI=1S/C32H22F4N2O5S.C19H12F4N2O5S.CH4/c33-23-15-13-20(14-16-23)18-38-19-25-26(31(38)39)30(42-28(21-8-3-1-4-9-21)22-10-5-2-6-11-22)27-24(12-7-17-37-27)29(25)43-44(40,41)32(34,35)36;20-11-5-3-10(4-6-11)8-25-9-13-14(18(25)27)16(26)15-12(2-1-7-24-15)17(13)30-31(28,29)19(21,22)23;/h1-17,28H,18-19H2;1-7,26H,8-9H2;1H4. The van der Waals surface area contributed by atoms with Crippen molar-refractivity contribution >= 4 is 53.9 Å². The fourth-order valence-electron chi connectivity index (χ4n) is 8.41. The Morgan fingerprint density at radius 2 is 0.934 bits per heavy atom. The van der Waals surface area contributed by atoms with Crippen LogP contribution in [0.5, 0.6) is 23.0 Å². The number of benzene rings is 6. The van der Waals surface area contributed by atoms with E-state index in [1.165, 1.54) is 90.1 Å². The lowest BCUT2D eigenvalue weighted by atomic mass is 9.99. The summed E-state index contributed by atoms with van der Waals surface area (Å²) in [6, 6.07) is 34.0. The highest BCUT2D eigenvalue weighted by molar-refractivity contribution is 7.88. The van der Waals surface area contributed by atoms with Crippen LogP contribution in [-0.4, -0.2) is 64.5 Å². The first kappa shape index (κ1) is 53.9. The Kier molecular flexibility index (Phi) is 14.7. The number of aromatic nitrogens is 2. The van der Waals surface area contributed by atoms with E-state index in [0.29, 0.717) is 22.3 Å². The van der Waals surface area contributed by atoms with Gasteiger partial charge in [0.2, 0.25) is 0 Å². The lowest BCUT2D eigenvalue weighted by Gasteiger charge is -2.23. The van der Waals surface area contributed by atoms with E-state index in [1.54, 1.807) is 0 Å². The molecule has 76 heavy (non-hydrogen) atoms. The molecular formula is C52H38F8N4O10S2. The Morgan fingerprint density at radius 3 is 1.37 bits per heavy atom. The van der Waals surface area contributed by atoms with Crippen LogP contribution in [0.4, 0.5) is 35.1 Å². The van der Waals surface area contributed by atoms with Gasteiger partial charge in [-0.05, 0) is 70.8 Å². The van der Waals surface area contributed by atoms with Crippen LogP contribution in [-0.2, 0) is 46.4 Å². The van der Waals surface area contributed by atoms with Gasteiger partial charge < -0.3 is 28.0 Å². The van der Waals surface area contributed by atoms with Crippen molar-refractivity contribution in [2.45, 2.75) is 50.7 Å². The number of phenols is 1. The second-order valence-corrected chi connectivity index (χ2v) is 19.8. The lowest BCUT2D eigenvalue weighted by molar-refractivity contribution is -0.0504. The molecule has 0 spiro atoms. The molecule has 14 nitrogen and oxygen atoms in total. The first-order chi connectivity index (χ1) is 35.5. The number of nitrogens with zero attached hydrogens (tertiary/aromatic N) is 4. The van der Waals surface area contributed by atoms with Gasteiger partial charge in [-0.15, -0.1) is 0 Å². The highest BCUT2D eigenvalue weighted by Crippen LogP contribution is 2.49. The predicted octanol–water partition coefficient (Wildman–Crippen LogP) is 11.0. The van der Waals surface area contributed by atoms with E-state index in [4.69, 9.17) is 8.92 Å². The highest BCUT2D eigenvalue weighted by atomic mass is 32.2. The topological polar surface area (TPSA) is 183 Å². The van der Waals surface area contributed by atoms with Gasteiger partial charge in [-0.25, -0.2) is 8.78 Å². The summed E-state index contributed by atoms with van der Waals surface area (Å²) in [4.78, 5) is 37.5. The number of phenolic OH excluding ortho intramolecular Hbond substituents is 1. The Balaban J connectivity index is 0.000000211. The largest absolute Gasteiger partial charge is 0.534 e. The fourth-order valence-corrected chi connectivity index (χ4v) is 9.42. The van der Waals surface area contributed by atoms with E-state index in [9.17, 15) is 66.7 Å². The average Bonchev–Trinajstić information content (AvgIpc) is 3.88. The van der Waals surface area contributed by atoms with Gasteiger partial charge >= 0.3 is 31.3 Å². The Bertz CT molecular complexity index is 3710. The maximum atomic E-state index is 14.0. The van der Waals surface area contributed by atoms with Gasteiger partial charge in [-0.1, -0.05) is 92.4 Å². The molecule has 2 aliphatic heterocycles. The third-order valence-corrected chi connectivity index (χ3v) is 13.7. The summed E-state index contributed by atoms with van der Waals surface area (Å²) in [6.45, 7) is -0.769. The van der Waals surface area contributed by atoms with Crippen molar-refractivity contribution in [1.29, 1.82) is 0 Å². The number of rotatable bonds is 12. The number of pyridine rings is 2. The van der Waals surface area contributed by atoms with Crippen molar-refractivity contribution in [2.75, 3.05) is 0 Å². The smallest absolute Gasteiger partial charge is 0.505 e. The molecule has 394 valence electrons. The van der Waals surface area contributed by atoms with Crippen molar-refractivity contribution < 1.29 is 79.8 Å². The molecule has 0 saturated heterocycles. The zero-order chi connectivity index (χ0) is 53.6. The molecule has 1 N–H and O–H groups in total. The van der Waals surface area contributed by atoms with Crippen LogP contribution in [0.15, 0.2) is 146 Å². The van der Waals surface area contributed by atoms with Crippen LogP contribution in [0.2, 0.25) is 0 Å². The first-order valence-corrected chi connectivity index (χ1v) is 24.8. The summed E-state index contributed by atoms with van der Waals surface area (Å²) < 4.78 is 170. The van der Waals surface area contributed by atoms with E-state index in [2.05, 4.69) is 14.2 Å². The maximum Gasteiger partial charge on any atom is 0.534 e. The predicted molar refractivity (Wildman–Crippen MR) is 258 cm³/mol. The Morgan fingerprint density at radius 1 is 0.539 bits per heavy atom. The number of ether oxygens (including phenoxy) is 1. The van der Waals surface area contributed by atoms with Crippen LogP contribution in [0.3, 0.4) is 0 Å². The van der Waals surface area contributed by atoms with Crippen LogP contribution < -0.4 is 13.1 Å². The number of hydrogen-bond donors (Lipinski definition) is 1. The number of carbonyl (C=O) groups is 2. The van der Waals surface area contributed by atoms with Crippen LogP contribution in [0.1, 0.15) is 67.6 Å². The summed E-state index contributed by atoms with van der Waals surface area (Å²) in [6.07, 6.45) is 1.78. The quantitative estimate of drug-likeness (QED) is 0.0695. The zero-order valence-corrected chi connectivity index (χ0v) is 39.6. The molecule has 4 heterocycles. The molecule has 24 heteroatoms. The minimum absolute atomic E-state index is 0. The first-order valence-electron chi connectivity index (χ1n) is 21.9. The molecule has 0 unspecified atom stereocenters. The molecule has 8 aromatic rings. The molecule has 6 aromatic carbocycles. The molecule has 0 saturated carbocycles. The van der Waals surface area contributed by atoms with Crippen LogP contribution >= 0.6 is 0 Å². The molecule has 0 radical (unpaired) electrons. The van der Waals surface area contributed by atoms with E-state index in [1.807, 2.05) is 60.7 Å². The van der Waals surface area contributed by atoms with Gasteiger partial charge in [-0.2, -0.15) is 43.2 Å². The van der Waals surface area contributed by atoms with Crippen molar-refractivity contribution in [3.63, 3.8) is 0 Å². The Hall–Kier alpha value is -8.38. The van der Waals surface area contributed by atoms with Gasteiger partial charge in [0.05, 0.1) is 24.2 Å². The molecule has 2 amide bonds. The second kappa shape index (κ2) is 20.7. The van der Waals surface area contributed by atoms with Gasteiger partial charge in [0.1, 0.15) is 28.8 Å². The van der Waals surface area contributed by atoms with Gasteiger partial charge in [0.25, 0.3) is 11.8 Å². The normalized spacial score (nSPS) is 13.5. The van der Waals surface area contributed by atoms with Crippen LogP contribution in [0.25, 0.3) is 21.8 Å². The van der Waals surface area contributed by atoms with E-state index >= 15 is 0 Å². The van der Waals surface area contributed by atoms with Crippen molar-refractivity contribution in [3.05, 3.63) is 202 Å². The molecule has 2 aliphatic rings. The summed E-state index contributed by atoms with van der Waals surface area (Å²) >= 11 is 0. The minimum atomic E-state index is -6.12. The summed E-state index contributed by atoms with van der Waals surface area (Å²) in [5.74, 6) is -4.45. The van der Waals surface area contributed by atoms with Gasteiger partial charge in [0.15, 0.2) is 23.0 Å². The maximum absolute atomic E-state index is 14.0. The molecule has 10 rings (SSSR count). The van der Waals surface area contributed by atoms with Crippen molar-refractivity contribution in [2.24, 2.45) is 0 Å². The van der Waals surface area contributed by atoms with Gasteiger partial charge in [-0.3, -0.25) is 19.6 Å². The minimum Gasteiger partial charge on any atom is -0.505 e. The van der Waals surface area contributed by atoms with Crippen molar-refractivity contribution in [3.8, 4) is 23.0 Å². The van der Waals surface area contributed by atoms with E-state index in [-0.39, 0.29) is 77.9 Å². The number of carbonyl (C=O) groups excluding carboxylic acids is 2. The monoisotopic (exact) mass is 1090 g/mol. The number of amides is 2. The molecule has 0 fully saturated rings. The number of aromatic hydroxyl groups is 1. The Labute approximate surface area is 427 Å². The summed E-state index contributed by atoms with van der Waals surface area (Å²) in [7, 11) is -12.2. The van der Waals surface area contributed by atoms with Crippen LogP contribution in [0, 0.1) is 11.6 Å². The molecule has 0 atom stereocenters. The highest BCUT2D eigenvalue weighted by Gasteiger charge is 2.51. The summed E-state index contributed by atoms with van der Waals surface area (Å²) in [5, 5.41) is 10.3. The SMILES string of the molecule is C.O=C1c2c(c(OS(=O)(=O)C(F)(F)F)c3cccnc3c2O)CN1Cc1ccc(F)cc1.O=C1c2c(c(OS(=O)(=O)C(F)(F)F)c3cccnc3c2OC(c2ccccc2)c2ccccc2)CN1Cc1ccc(F)cc1. The van der Waals surface area contributed by atoms with Crippen molar-refractivity contribution in [1.82, 2.24) is 19.8 Å². The number of halogens is 8. The van der Waals surface area contributed by atoms with E-state index < -0.39 is 83.6 Å². The number of hydrogen-bond acceptors (Lipinski definition) is 12. The summed E-state index contributed by atoms with van der Waals surface area (Å²) in [5.41, 5.74) is -10.2. The molecule has 0 aliphatic carbocycles. The third-order valence-electron chi connectivity index (χ3n) is 11.8. The third kappa shape index (κ3) is 10.5. The number of fused-ring (bicyclic) bond motifs is 4. The molecule has 2 aromatic heterocycles. The molecule has 0 bridgehead atoms.